The molecular weight excluding hydrogens is 392 g/mol. The molecule has 0 bridgehead atoms. The number of carbonyl (C=O) groups is 2. The van der Waals surface area contributed by atoms with Crippen molar-refractivity contribution < 1.29 is 23.1 Å². The molecular formula is C22H27F2N3O3. The first-order valence-corrected chi connectivity index (χ1v) is 10.0. The number of nitrogens with one attached hydrogen (secondary N) is 1. The Balaban J connectivity index is 2.04. The molecule has 8 heteroatoms. The summed E-state index contributed by atoms with van der Waals surface area (Å²) in [5, 5.41) is 2.63. The number of aromatic nitrogens is 2. The van der Waals surface area contributed by atoms with Crippen molar-refractivity contribution in [2.45, 2.75) is 40.2 Å². The Morgan fingerprint density at radius 1 is 1.23 bits per heavy atom. The lowest BCUT2D eigenvalue weighted by Gasteiger charge is -2.28. The van der Waals surface area contributed by atoms with Gasteiger partial charge in [-0.2, -0.15) is 0 Å². The fraction of sp³-hybridized carbons (Fsp3) is 0.500. The van der Waals surface area contributed by atoms with E-state index in [1.807, 2.05) is 25.3 Å². The van der Waals surface area contributed by atoms with Crippen molar-refractivity contribution in [3.63, 3.8) is 0 Å². The smallest absolute Gasteiger partial charge is 0.223 e. The zero-order valence-electron chi connectivity index (χ0n) is 17.7. The Bertz CT molecular complexity index is 963. The molecule has 1 aromatic heterocycles. The van der Waals surface area contributed by atoms with Crippen LogP contribution in [0.25, 0.3) is 11.4 Å². The molecule has 6 nitrogen and oxygen atoms in total. The maximum atomic E-state index is 13.8. The van der Waals surface area contributed by atoms with Gasteiger partial charge in [0.15, 0.2) is 17.4 Å². The number of carbonyl (C=O) groups excluding carboxylic acids is 2. The van der Waals surface area contributed by atoms with Crippen molar-refractivity contribution in [1.29, 1.82) is 0 Å². The van der Waals surface area contributed by atoms with Crippen molar-refractivity contribution in [2.75, 3.05) is 20.3 Å². The number of Topliss-reactive ketones (excluding diaryl/α,β-unsaturated/α-hetero) is 1. The number of halogens is 2. The zero-order valence-corrected chi connectivity index (χ0v) is 17.7. The molecule has 1 N–H and O–H groups in total. The molecule has 0 radical (unpaired) electrons. The number of benzene rings is 1. The third-order valence-corrected chi connectivity index (χ3v) is 5.45. The van der Waals surface area contributed by atoms with E-state index in [1.54, 1.807) is 7.05 Å². The van der Waals surface area contributed by atoms with Crippen LogP contribution < -0.4 is 5.32 Å². The van der Waals surface area contributed by atoms with Crippen LogP contribution in [-0.2, 0) is 22.5 Å². The molecule has 0 saturated heterocycles. The molecule has 2 aromatic rings. The fourth-order valence-corrected chi connectivity index (χ4v) is 3.73. The van der Waals surface area contributed by atoms with Crippen molar-refractivity contribution in [3.05, 3.63) is 41.2 Å². The third kappa shape index (κ3) is 4.43. The summed E-state index contributed by atoms with van der Waals surface area (Å²) < 4.78 is 34.6. The Morgan fingerprint density at radius 2 is 1.97 bits per heavy atom. The van der Waals surface area contributed by atoms with E-state index in [9.17, 15) is 18.4 Å². The summed E-state index contributed by atoms with van der Waals surface area (Å²) in [5.74, 6) is -2.51. The van der Waals surface area contributed by atoms with Crippen LogP contribution in [0.1, 0.15) is 43.4 Å². The summed E-state index contributed by atoms with van der Waals surface area (Å²) in [5.41, 5.74) is 0.924. The van der Waals surface area contributed by atoms with Gasteiger partial charge in [0.05, 0.1) is 24.8 Å². The summed E-state index contributed by atoms with van der Waals surface area (Å²) in [7, 11) is 1.55. The fourth-order valence-electron chi connectivity index (χ4n) is 3.73. The third-order valence-electron chi connectivity index (χ3n) is 5.45. The van der Waals surface area contributed by atoms with Gasteiger partial charge >= 0.3 is 0 Å². The minimum absolute atomic E-state index is 0.00522. The number of imidazole rings is 1. The number of hydrogen-bond acceptors (Lipinski definition) is 4. The number of nitrogens with zero attached hydrogens (tertiary/aromatic N) is 2. The van der Waals surface area contributed by atoms with E-state index in [-0.39, 0.29) is 23.8 Å². The van der Waals surface area contributed by atoms with Crippen molar-refractivity contribution in [2.24, 2.45) is 11.3 Å². The van der Waals surface area contributed by atoms with Gasteiger partial charge in [-0.1, -0.05) is 20.8 Å². The molecule has 1 amide bonds. The normalized spacial score (nSPS) is 15.3. The van der Waals surface area contributed by atoms with E-state index in [4.69, 9.17) is 4.74 Å². The number of ketones is 1. The molecule has 0 unspecified atom stereocenters. The molecule has 1 atom stereocenters. The second-order valence-corrected chi connectivity index (χ2v) is 8.53. The highest BCUT2D eigenvalue weighted by atomic mass is 19.2. The highest BCUT2D eigenvalue weighted by Gasteiger charge is 2.35. The Hall–Kier alpha value is -2.61. The summed E-state index contributed by atoms with van der Waals surface area (Å²) in [6, 6.07) is 3.56. The Labute approximate surface area is 174 Å². The first kappa shape index (κ1) is 22.1. The maximum absolute atomic E-state index is 13.8. The van der Waals surface area contributed by atoms with Crippen LogP contribution in [0.5, 0.6) is 0 Å². The zero-order chi connectivity index (χ0) is 22.1. The Kier molecular flexibility index (Phi) is 6.36. The standard InChI is InChI=1S/C22H27F2N3O3/c1-22(2,3)14(21(29)25-4)12-18(28)19-17-7-9-30-10-8-27(17)20(26-19)13-5-6-15(23)16(24)11-13/h5-6,11,14H,7-10,12H2,1-4H3,(H,25,29)/t14-/m1/s1. The van der Waals surface area contributed by atoms with E-state index in [2.05, 4.69) is 10.3 Å². The minimum atomic E-state index is -0.977. The minimum Gasteiger partial charge on any atom is -0.379 e. The SMILES string of the molecule is CNC(=O)[C@@H](CC(=O)c1nc(-c2ccc(F)c(F)c2)n2c1CCOCC2)C(C)(C)C. The summed E-state index contributed by atoms with van der Waals surface area (Å²) in [4.78, 5) is 30.2. The quantitative estimate of drug-likeness (QED) is 0.754. The van der Waals surface area contributed by atoms with E-state index in [1.165, 1.54) is 6.07 Å². The summed E-state index contributed by atoms with van der Waals surface area (Å²) in [6.07, 6.45) is 0.475. The number of hydrogen-bond donors (Lipinski definition) is 1. The highest BCUT2D eigenvalue weighted by molar-refractivity contribution is 5.98. The van der Waals surface area contributed by atoms with Gasteiger partial charge in [0.1, 0.15) is 11.5 Å². The van der Waals surface area contributed by atoms with Gasteiger partial charge in [-0.25, -0.2) is 13.8 Å². The molecule has 0 aliphatic carbocycles. The lowest BCUT2D eigenvalue weighted by Crippen LogP contribution is -2.37. The second kappa shape index (κ2) is 8.63. The van der Waals surface area contributed by atoms with Gasteiger partial charge in [0, 0.05) is 32.0 Å². The molecule has 3 rings (SSSR count). The Morgan fingerprint density at radius 3 is 2.60 bits per heavy atom. The molecule has 1 aliphatic heterocycles. The van der Waals surface area contributed by atoms with E-state index in [0.29, 0.717) is 43.3 Å². The molecule has 0 saturated carbocycles. The number of amides is 1. The van der Waals surface area contributed by atoms with E-state index >= 15 is 0 Å². The predicted octanol–water partition coefficient (Wildman–Crippen LogP) is 3.38. The van der Waals surface area contributed by atoms with Crippen molar-refractivity contribution >= 4 is 11.7 Å². The topological polar surface area (TPSA) is 73.2 Å². The van der Waals surface area contributed by atoms with E-state index < -0.39 is 23.0 Å². The summed E-state index contributed by atoms with van der Waals surface area (Å²) in [6.45, 7) is 7.04. The largest absolute Gasteiger partial charge is 0.379 e. The molecule has 1 aliphatic rings. The average Bonchev–Trinajstić information content (AvgIpc) is 2.88. The van der Waals surface area contributed by atoms with Crippen molar-refractivity contribution in [3.8, 4) is 11.4 Å². The van der Waals surface area contributed by atoms with Gasteiger partial charge in [-0.15, -0.1) is 0 Å². The van der Waals surface area contributed by atoms with Gasteiger partial charge in [0.25, 0.3) is 0 Å². The first-order valence-electron chi connectivity index (χ1n) is 10.0. The second-order valence-electron chi connectivity index (χ2n) is 8.53. The lowest BCUT2D eigenvalue weighted by molar-refractivity contribution is -0.127. The van der Waals surface area contributed by atoms with Gasteiger partial charge < -0.3 is 14.6 Å². The first-order chi connectivity index (χ1) is 14.1. The molecule has 0 fully saturated rings. The number of fused-ring (bicyclic) bond motifs is 1. The van der Waals surface area contributed by atoms with E-state index in [0.717, 1.165) is 12.1 Å². The predicted molar refractivity (Wildman–Crippen MR) is 108 cm³/mol. The highest BCUT2D eigenvalue weighted by Crippen LogP contribution is 2.32. The molecule has 162 valence electrons. The molecule has 2 heterocycles. The maximum Gasteiger partial charge on any atom is 0.223 e. The molecule has 1 aromatic carbocycles. The summed E-state index contributed by atoms with van der Waals surface area (Å²) >= 11 is 0. The van der Waals surface area contributed by atoms with Crippen LogP contribution in [0.2, 0.25) is 0 Å². The van der Waals surface area contributed by atoms with Crippen LogP contribution in [0, 0.1) is 23.0 Å². The number of ether oxygens (including phenoxy) is 1. The van der Waals surface area contributed by atoms with Gasteiger partial charge in [-0.3, -0.25) is 9.59 Å². The van der Waals surface area contributed by atoms with Crippen LogP contribution >= 0.6 is 0 Å². The van der Waals surface area contributed by atoms with Crippen LogP contribution in [-0.4, -0.2) is 41.5 Å². The van der Waals surface area contributed by atoms with Crippen LogP contribution in [0.15, 0.2) is 18.2 Å². The monoisotopic (exact) mass is 419 g/mol. The van der Waals surface area contributed by atoms with Gasteiger partial charge in [-0.05, 0) is 23.6 Å². The average molecular weight is 419 g/mol. The number of rotatable bonds is 5. The molecule has 30 heavy (non-hydrogen) atoms. The van der Waals surface area contributed by atoms with Crippen LogP contribution in [0.4, 0.5) is 8.78 Å². The van der Waals surface area contributed by atoms with Gasteiger partial charge in [0.2, 0.25) is 5.91 Å². The van der Waals surface area contributed by atoms with Crippen LogP contribution in [0.3, 0.4) is 0 Å². The lowest BCUT2D eigenvalue weighted by atomic mass is 9.77. The molecule has 0 spiro atoms. The van der Waals surface area contributed by atoms with Crippen molar-refractivity contribution in [1.82, 2.24) is 14.9 Å².